The first kappa shape index (κ1) is 12.3. The maximum absolute atomic E-state index is 3.60. The van der Waals surface area contributed by atoms with Crippen molar-refractivity contribution in [3.05, 3.63) is 35.9 Å². The topological polar surface area (TPSA) is 12.0 Å². The van der Waals surface area contributed by atoms with Crippen LogP contribution in [0.15, 0.2) is 30.3 Å². The summed E-state index contributed by atoms with van der Waals surface area (Å²) in [5, 5.41) is 3.60. The van der Waals surface area contributed by atoms with Gasteiger partial charge in [0.15, 0.2) is 0 Å². The van der Waals surface area contributed by atoms with Crippen molar-refractivity contribution in [3.8, 4) is 0 Å². The van der Waals surface area contributed by atoms with Crippen LogP contribution in [0.3, 0.4) is 0 Å². The van der Waals surface area contributed by atoms with Crippen LogP contribution in [0.2, 0.25) is 0 Å². The molecule has 1 aromatic rings. The van der Waals surface area contributed by atoms with E-state index in [9.17, 15) is 0 Å². The summed E-state index contributed by atoms with van der Waals surface area (Å²) in [6, 6.07) is 11.3. The maximum atomic E-state index is 3.60. The summed E-state index contributed by atoms with van der Waals surface area (Å²) in [6.45, 7) is 7.78. The van der Waals surface area contributed by atoms with Crippen LogP contribution in [0.1, 0.15) is 45.2 Å². The third-order valence-corrected chi connectivity index (χ3v) is 3.10. The van der Waals surface area contributed by atoms with Gasteiger partial charge in [0.05, 0.1) is 0 Å². The summed E-state index contributed by atoms with van der Waals surface area (Å²) >= 11 is 0. The van der Waals surface area contributed by atoms with E-state index >= 15 is 0 Å². The van der Waals surface area contributed by atoms with Gasteiger partial charge in [-0.1, -0.05) is 63.9 Å². The summed E-state index contributed by atoms with van der Waals surface area (Å²) < 4.78 is 0. The highest BCUT2D eigenvalue weighted by Gasteiger charge is 2.18. The molecule has 1 rings (SSSR count). The van der Waals surface area contributed by atoms with Crippen molar-refractivity contribution in [1.82, 2.24) is 5.32 Å². The molecule has 0 fully saturated rings. The van der Waals surface area contributed by atoms with Crippen LogP contribution in [0, 0.1) is 5.92 Å². The molecule has 1 heteroatoms. The minimum atomic E-state index is 0.520. The predicted octanol–water partition coefficient (Wildman–Crippen LogP) is 3.77. The fourth-order valence-electron chi connectivity index (χ4n) is 2.20. The van der Waals surface area contributed by atoms with E-state index in [1.165, 1.54) is 18.4 Å². The van der Waals surface area contributed by atoms with Crippen molar-refractivity contribution in [3.63, 3.8) is 0 Å². The van der Waals surface area contributed by atoms with E-state index in [0.717, 1.165) is 12.5 Å². The van der Waals surface area contributed by atoms with E-state index in [1.807, 2.05) is 0 Å². The number of hydrogen-bond acceptors (Lipinski definition) is 1. The Labute approximate surface area is 93.9 Å². The van der Waals surface area contributed by atoms with Gasteiger partial charge in [0, 0.05) is 6.04 Å². The molecule has 1 aromatic carbocycles. The fourth-order valence-corrected chi connectivity index (χ4v) is 2.20. The molecule has 0 saturated heterocycles. The second-order valence-electron chi connectivity index (χ2n) is 4.02. The van der Waals surface area contributed by atoms with Crippen molar-refractivity contribution in [2.24, 2.45) is 5.92 Å². The van der Waals surface area contributed by atoms with Gasteiger partial charge in [0.2, 0.25) is 0 Å². The molecule has 0 heterocycles. The summed E-state index contributed by atoms with van der Waals surface area (Å²) in [6.07, 6.45) is 2.48. The van der Waals surface area contributed by atoms with Gasteiger partial charge >= 0.3 is 0 Å². The molecule has 0 bridgehead atoms. The summed E-state index contributed by atoms with van der Waals surface area (Å²) in [5.41, 5.74) is 1.42. The van der Waals surface area contributed by atoms with Crippen LogP contribution >= 0.6 is 0 Å². The fraction of sp³-hybridized carbons (Fsp3) is 0.571. The second kappa shape index (κ2) is 6.62. The van der Waals surface area contributed by atoms with E-state index in [4.69, 9.17) is 0 Å². The first-order valence-electron chi connectivity index (χ1n) is 6.11. The van der Waals surface area contributed by atoms with Crippen molar-refractivity contribution < 1.29 is 0 Å². The lowest BCUT2D eigenvalue weighted by Crippen LogP contribution is -2.27. The molecule has 0 aliphatic carbocycles. The van der Waals surface area contributed by atoms with Gasteiger partial charge in [-0.25, -0.2) is 0 Å². The van der Waals surface area contributed by atoms with Crippen LogP contribution in [0.5, 0.6) is 0 Å². The molecule has 0 spiro atoms. The van der Waals surface area contributed by atoms with E-state index < -0.39 is 0 Å². The first-order chi connectivity index (χ1) is 7.33. The lowest BCUT2D eigenvalue weighted by atomic mass is 9.89. The standard InChI is InChI=1S/C14H23N/c1-4-12(5-2)14(15-6-3)13-10-8-7-9-11-13/h7-12,14-15H,4-6H2,1-3H3. The van der Waals surface area contributed by atoms with Crippen LogP contribution < -0.4 is 5.32 Å². The molecule has 84 valence electrons. The zero-order chi connectivity index (χ0) is 11.1. The van der Waals surface area contributed by atoms with Crippen LogP contribution in [-0.2, 0) is 0 Å². The highest BCUT2D eigenvalue weighted by atomic mass is 14.9. The van der Waals surface area contributed by atoms with E-state index in [1.54, 1.807) is 0 Å². The monoisotopic (exact) mass is 205 g/mol. The second-order valence-corrected chi connectivity index (χ2v) is 4.02. The van der Waals surface area contributed by atoms with E-state index in [-0.39, 0.29) is 0 Å². The van der Waals surface area contributed by atoms with Gasteiger partial charge in [-0.05, 0) is 18.0 Å². The van der Waals surface area contributed by atoms with Crippen LogP contribution in [0.25, 0.3) is 0 Å². The molecule has 15 heavy (non-hydrogen) atoms. The molecule has 0 saturated carbocycles. The SMILES string of the molecule is CCNC(c1ccccc1)C(CC)CC. The Morgan fingerprint density at radius 1 is 1.00 bits per heavy atom. The van der Waals surface area contributed by atoms with Gasteiger partial charge in [-0.15, -0.1) is 0 Å². The van der Waals surface area contributed by atoms with Gasteiger partial charge in [0.25, 0.3) is 0 Å². The molecule has 0 aliphatic heterocycles. The number of hydrogen-bond donors (Lipinski definition) is 1. The largest absolute Gasteiger partial charge is 0.310 e. The highest BCUT2D eigenvalue weighted by molar-refractivity contribution is 5.19. The summed E-state index contributed by atoms with van der Waals surface area (Å²) in [5.74, 6) is 0.743. The van der Waals surface area contributed by atoms with Crippen molar-refractivity contribution in [2.75, 3.05) is 6.54 Å². The van der Waals surface area contributed by atoms with Gasteiger partial charge in [0.1, 0.15) is 0 Å². The highest BCUT2D eigenvalue weighted by Crippen LogP contribution is 2.26. The molecule has 0 radical (unpaired) electrons. The molecule has 1 unspecified atom stereocenters. The smallest absolute Gasteiger partial charge is 0.0348 e. The van der Waals surface area contributed by atoms with E-state index in [2.05, 4.69) is 56.4 Å². The van der Waals surface area contributed by atoms with Crippen molar-refractivity contribution >= 4 is 0 Å². The Morgan fingerprint density at radius 2 is 1.60 bits per heavy atom. The molecule has 0 aromatic heterocycles. The molecule has 1 N–H and O–H groups in total. The molecule has 1 atom stereocenters. The van der Waals surface area contributed by atoms with Crippen LogP contribution in [-0.4, -0.2) is 6.54 Å². The summed E-state index contributed by atoms with van der Waals surface area (Å²) in [4.78, 5) is 0. The first-order valence-corrected chi connectivity index (χ1v) is 6.11. The number of rotatable bonds is 6. The third kappa shape index (κ3) is 3.35. The van der Waals surface area contributed by atoms with Gasteiger partial charge in [-0.3, -0.25) is 0 Å². The van der Waals surface area contributed by atoms with Gasteiger partial charge < -0.3 is 5.32 Å². The average Bonchev–Trinajstić information content (AvgIpc) is 2.30. The lowest BCUT2D eigenvalue weighted by molar-refractivity contribution is 0.346. The zero-order valence-electron chi connectivity index (χ0n) is 10.2. The predicted molar refractivity (Wildman–Crippen MR) is 66.9 cm³/mol. The Hall–Kier alpha value is -0.820. The molecule has 0 aliphatic rings. The van der Waals surface area contributed by atoms with Crippen molar-refractivity contribution in [2.45, 2.75) is 39.7 Å². The molecule has 0 amide bonds. The average molecular weight is 205 g/mol. The normalized spacial score (nSPS) is 13.1. The zero-order valence-corrected chi connectivity index (χ0v) is 10.2. The maximum Gasteiger partial charge on any atom is 0.0348 e. The van der Waals surface area contributed by atoms with E-state index in [0.29, 0.717) is 6.04 Å². The number of nitrogens with one attached hydrogen (secondary N) is 1. The Morgan fingerprint density at radius 3 is 2.07 bits per heavy atom. The minimum Gasteiger partial charge on any atom is -0.310 e. The quantitative estimate of drug-likeness (QED) is 0.745. The third-order valence-electron chi connectivity index (χ3n) is 3.10. The molecular formula is C14H23N. The molecule has 1 nitrogen and oxygen atoms in total. The Bertz CT molecular complexity index is 251. The molecular weight excluding hydrogens is 182 g/mol. The Kier molecular flexibility index (Phi) is 5.41. The minimum absolute atomic E-state index is 0.520. The lowest BCUT2D eigenvalue weighted by Gasteiger charge is -2.26. The number of benzene rings is 1. The van der Waals surface area contributed by atoms with Gasteiger partial charge in [-0.2, -0.15) is 0 Å². The van der Waals surface area contributed by atoms with Crippen molar-refractivity contribution in [1.29, 1.82) is 0 Å². The Balaban J connectivity index is 2.81. The van der Waals surface area contributed by atoms with Crippen LogP contribution in [0.4, 0.5) is 0 Å². The summed E-state index contributed by atoms with van der Waals surface area (Å²) in [7, 11) is 0.